The summed E-state index contributed by atoms with van der Waals surface area (Å²) in [5, 5.41) is 0. The molecule has 0 heterocycles. The van der Waals surface area contributed by atoms with E-state index in [9.17, 15) is 0 Å². The van der Waals surface area contributed by atoms with Crippen LogP contribution in [0.15, 0.2) is 24.3 Å². The third-order valence-electron chi connectivity index (χ3n) is 4.58. The molecule has 0 saturated heterocycles. The minimum atomic E-state index is 0.249. The molecule has 0 N–H and O–H groups in total. The van der Waals surface area contributed by atoms with Crippen LogP contribution in [0, 0.1) is 11.3 Å². The minimum Gasteiger partial charge on any atom is -0.0623 e. The molecule has 0 atom stereocenters. The first-order valence-corrected chi connectivity index (χ1v) is 7.28. The second kappa shape index (κ2) is 5.47. The Morgan fingerprint density at radius 3 is 2.17 bits per heavy atom. The fraction of sp³-hybridized carbons (Fsp3) is 0.667. The summed E-state index contributed by atoms with van der Waals surface area (Å²) in [6, 6.07) is 9.11. The average Bonchev–Trinajstić information content (AvgIpc) is 2.27. The molecule has 0 amide bonds. The largest absolute Gasteiger partial charge is 0.0623 e. The summed E-state index contributed by atoms with van der Waals surface area (Å²) in [6.07, 6.45) is 2.35. The molecule has 1 rings (SSSR count). The van der Waals surface area contributed by atoms with Crippen LogP contribution in [0.25, 0.3) is 0 Å². The summed E-state index contributed by atoms with van der Waals surface area (Å²) in [5.74, 6) is 0.714. The molecule has 102 valence electrons. The van der Waals surface area contributed by atoms with E-state index in [1.807, 2.05) is 0 Å². The van der Waals surface area contributed by atoms with Gasteiger partial charge in [-0.25, -0.2) is 0 Å². The second-order valence-electron chi connectivity index (χ2n) is 7.26. The van der Waals surface area contributed by atoms with Crippen molar-refractivity contribution < 1.29 is 0 Å². The maximum Gasteiger partial charge on any atom is -0.00983 e. The van der Waals surface area contributed by atoms with Gasteiger partial charge in [-0.15, -0.1) is 0 Å². The SMILES string of the molecule is CCc1cccc(C(C)(C)CC(C)(C)C(C)C)c1. The van der Waals surface area contributed by atoms with Crippen LogP contribution in [0.1, 0.15) is 66.0 Å². The van der Waals surface area contributed by atoms with Crippen LogP contribution in [0.2, 0.25) is 0 Å². The molecular weight excluding hydrogens is 216 g/mol. The van der Waals surface area contributed by atoms with Gasteiger partial charge in [0.2, 0.25) is 0 Å². The lowest BCUT2D eigenvalue weighted by Gasteiger charge is -2.38. The molecule has 0 fully saturated rings. The van der Waals surface area contributed by atoms with Crippen LogP contribution in [0.5, 0.6) is 0 Å². The van der Waals surface area contributed by atoms with Crippen molar-refractivity contribution in [3.8, 4) is 0 Å². The molecule has 0 aromatic heterocycles. The smallest absolute Gasteiger partial charge is 0.00983 e. The summed E-state index contributed by atoms with van der Waals surface area (Å²) in [7, 11) is 0. The van der Waals surface area contributed by atoms with Gasteiger partial charge in [0, 0.05) is 0 Å². The molecule has 0 radical (unpaired) electrons. The lowest BCUT2D eigenvalue weighted by atomic mass is 9.67. The highest BCUT2D eigenvalue weighted by molar-refractivity contribution is 5.29. The number of rotatable bonds is 5. The highest BCUT2D eigenvalue weighted by atomic mass is 14.4. The number of hydrogen-bond acceptors (Lipinski definition) is 0. The van der Waals surface area contributed by atoms with Gasteiger partial charge < -0.3 is 0 Å². The minimum absolute atomic E-state index is 0.249. The summed E-state index contributed by atoms with van der Waals surface area (Å²) in [5.41, 5.74) is 3.56. The van der Waals surface area contributed by atoms with Gasteiger partial charge >= 0.3 is 0 Å². The van der Waals surface area contributed by atoms with Crippen LogP contribution < -0.4 is 0 Å². The Labute approximate surface area is 114 Å². The third kappa shape index (κ3) is 3.60. The standard InChI is InChI=1S/C18H30/c1-8-15-10-9-11-16(12-15)18(6,7)13-17(4,5)14(2)3/h9-12,14H,8,13H2,1-7H3. The molecule has 0 aliphatic heterocycles. The van der Waals surface area contributed by atoms with Crippen LogP contribution >= 0.6 is 0 Å². The average molecular weight is 246 g/mol. The first kappa shape index (κ1) is 15.3. The van der Waals surface area contributed by atoms with E-state index in [4.69, 9.17) is 0 Å². The predicted octanol–water partition coefficient (Wildman–Crippen LogP) is 5.60. The Kier molecular flexibility index (Phi) is 4.64. The van der Waals surface area contributed by atoms with E-state index in [1.54, 1.807) is 0 Å². The van der Waals surface area contributed by atoms with E-state index in [-0.39, 0.29) is 5.41 Å². The zero-order chi connectivity index (χ0) is 14.0. The van der Waals surface area contributed by atoms with Crippen molar-refractivity contribution in [2.75, 3.05) is 0 Å². The molecule has 0 saturated carbocycles. The van der Waals surface area contributed by atoms with E-state index in [2.05, 4.69) is 72.7 Å². The van der Waals surface area contributed by atoms with Crippen molar-refractivity contribution in [3.05, 3.63) is 35.4 Å². The maximum atomic E-state index is 2.39. The van der Waals surface area contributed by atoms with E-state index >= 15 is 0 Å². The van der Waals surface area contributed by atoms with Crippen molar-refractivity contribution >= 4 is 0 Å². The molecule has 0 heteroatoms. The van der Waals surface area contributed by atoms with Crippen molar-refractivity contribution in [1.82, 2.24) is 0 Å². The molecule has 0 unspecified atom stereocenters. The molecule has 18 heavy (non-hydrogen) atoms. The zero-order valence-corrected chi connectivity index (χ0v) is 13.3. The van der Waals surface area contributed by atoms with Gasteiger partial charge in [-0.3, -0.25) is 0 Å². The Balaban J connectivity index is 2.98. The third-order valence-corrected chi connectivity index (χ3v) is 4.58. The number of aryl methyl sites for hydroxylation is 1. The van der Waals surface area contributed by atoms with Gasteiger partial charge in [-0.2, -0.15) is 0 Å². The summed E-state index contributed by atoms with van der Waals surface area (Å²) in [4.78, 5) is 0. The van der Waals surface area contributed by atoms with Gasteiger partial charge in [0.1, 0.15) is 0 Å². The quantitative estimate of drug-likeness (QED) is 0.634. The summed E-state index contributed by atoms with van der Waals surface area (Å²) in [6.45, 7) is 16.4. The van der Waals surface area contributed by atoms with Gasteiger partial charge in [-0.05, 0) is 40.7 Å². The maximum absolute atomic E-state index is 2.39. The Bertz CT molecular complexity index is 383. The van der Waals surface area contributed by atoms with E-state index in [0.29, 0.717) is 11.3 Å². The Morgan fingerprint density at radius 2 is 1.67 bits per heavy atom. The molecule has 1 aromatic carbocycles. The fourth-order valence-electron chi connectivity index (χ4n) is 2.66. The molecule has 0 bridgehead atoms. The van der Waals surface area contributed by atoms with Crippen molar-refractivity contribution in [1.29, 1.82) is 0 Å². The second-order valence-corrected chi connectivity index (χ2v) is 7.26. The van der Waals surface area contributed by atoms with Gasteiger partial charge in [0.05, 0.1) is 0 Å². The van der Waals surface area contributed by atoms with Gasteiger partial charge in [0.25, 0.3) is 0 Å². The van der Waals surface area contributed by atoms with Crippen LogP contribution in [-0.4, -0.2) is 0 Å². The molecule has 0 aliphatic carbocycles. The summed E-state index contributed by atoms with van der Waals surface area (Å²) < 4.78 is 0. The Morgan fingerprint density at radius 1 is 1.06 bits per heavy atom. The predicted molar refractivity (Wildman–Crippen MR) is 82.1 cm³/mol. The monoisotopic (exact) mass is 246 g/mol. The molecule has 0 aliphatic rings. The molecule has 0 spiro atoms. The highest BCUT2D eigenvalue weighted by Gasteiger charge is 2.32. The Hall–Kier alpha value is -0.780. The van der Waals surface area contributed by atoms with Gasteiger partial charge in [0.15, 0.2) is 0 Å². The van der Waals surface area contributed by atoms with Crippen LogP contribution in [0.3, 0.4) is 0 Å². The topological polar surface area (TPSA) is 0 Å². The number of benzene rings is 1. The lowest BCUT2D eigenvalue weighted by molar-refractivity contribution is 0.181. The van der Waals surface area contributed by atoms with Gasteiger partial charge in [-0.1, -0.05) is 72.7 Å². The van der Waals surface area contributed by atoms with E-state index < -0.39 is 0 Å². The van der Waals surface area contributed by atoms with Crippen molar-refractivity contribution in [2.45, 2.75) is 66.7 Å². The zero-order valence-electron chi connectivity index (χ0n) is 13.3. The molecule has 0 nitrogen and oxygen atoms in total. The van der Waals surface area contributed by atoms with Crippen LogP contribution in [-0.2, 0) is 11.8 Å². The fourth-order valence-corrected chi connectivity index (χ4v) is 2.66. The lowest BCUT2D eigenvalue weighted by Crippen LogP contribution is -2.30. The molecule has 1 aromatic rings. The van der Waals surface area contributed by atoms with E-state index in [0.717, 1.165) is 6.42 Å². The first-order valence-electron chi connectivity index (χ1n) is 7.28. The normalized spacial score (nSPS) is 13.1. The number of hydrogen-bond donors (Lipinski definition) is 0. The van der Waals surface area contributed by atoms with Crippen molar-refractivity contribution in [2.24, 2.45) is 11.3 Å². The first-order chi connectivity index (χ1) is 8.19. The summed E-state index contributed by atoms with van der Waals surface area (Å²) >= 11 is 0. The van der Waals surface area contributed by atoms with Crippen LogP contribution in [0.4, 0.5) is 0 Å². The van der Waals surface area contributed by atoms with E-state index in [1.165, 1.54) is 17.5 Å². The highest BCUT2D eigenvalue weighted by Crippen LogP contribution is 2.40. The molecular formula is C18H30. The van der Waals surface area contributed by atoms with Crippen molar-refractivity contribution in [3.63, 3.8) is 0 Å².